The Morgan fingerprint density at radius 1 is 1.09 bits per heavy atom. The van der Waals surface area contributed by atoms with Gasteiger partial charge < -0.3 is 25.2 Å². The van der Waals surface area contributed by atoms with Crippen LogP contribution in [-0.2, 0) is 19.1 Å². The summed E-state index contributed by atoms with van der Waals surface area (Å²) in [6.45, 7) is 2.74. The summed E-state index contributed by atoms with van der Waals surface area (Å²) >= 11 is 0. The smallest absolute Gasteiger partial charge is 0.407 e. The molecule has 2 aliphatic rings. The van der Waals surface area contributed by atoms with Gasteiger partial charge in [0.15, 0.2) is 6.10 Å². The SMILES string of the molecule is CC(CCNC(=O)[C@H]1OCC[C@H]1NC(=O)OCC1c2ccccc2-c2ccccc21)CC(=O)O. The van der Waals surface area contributed by atoms with Crippen LogP contribution in [0, 0.1) is 5.92 Å². The van der Waals surface area contributed by atoms with E-state index in [9.17, 15) is 14.4 Å². The van der Waals surface area contributed by atoms with Crippen LogP contribution in [0.3, 0.4) is 0 Å². The standard InChI is InChI=1S/C26H30N2O6/c1-16(14-23(29)30)10-12-27-25(31)24-22(11-13-33-24)28-26(32)34-15-21-19-8-4-2-6-17(19)18-7-3-5-9-20(18)21/h2-9,16,21-22,24H,10-15H2,1H3,(H,27,31)(H,28,32)(H,29,30)/t16?,22-,24+/m1/s1. The number of hydrogen-bond donors (Lipinski definition) is 3. The average molecular weight is 467 g/mol. The molecule has 3 atom stereocenters. The number of alkyl carbamates (subject to hydrolysis) is 1. The Balaban J connectivity index is 1.28. The molecule has 34 heavy (non-hydrogen) atoms. The summed E-state index contributed by atoms with van der Waals surface area (Å²) in [7, 11) is 0. The van der Waals surface area contributed by atoms with E-state index in [0.29, 0.717) is 26.0 Å². The van der Waals surface area contributed by atoms with E-state index in [2.05, 4.69) is 34.9 Å². The van der Waals surface area contributed by atoms with Crippen molar-refractivity contribution in [2.75, 3.05) is 19.8 Å². The van der Waals surface area contributed by atoms with Gasteiger partial charge in [0.2, 0.25) is 0 Å². The molecule has 2 aromatic rings. The van der Waals surface area contributed by atoms with Crippen LogP contribution in [0.25, 0.3) is 11.1 Å². The average Bonchev–Trinajstić information content (AvgIpc) is 3.39. The van der Waals surface area contributed by atoms with Crippen molar-refractivity contribution in [2.45, 2.75) is 44.2 Å². The highest BCUT2D eigenvalue weighted by atomic mass is 16.6. The van der Waals surface area contributed by atoms with E-state index in [4.69, 9.17) is 14.6 Å². The molecule has 0 bridgehead atoms. The molecular formula is C26H30N2O6. The van der Waals surface area contributed by atoms with Gasteiger partial charge in [-0.25, -0.2) is 4.79 Å². The third-order valence-corrected chi connectivity index (χ3v) is 6.46. The topological polar surface area (TPSA) is 114 Å². The highest BCUT2D eigenvalue weighted by molar-refractivity contribution is 5.83. The molecule has 1 saturated heterocycles. The zero-order valence-electron chi connectivity index (χ0n) is 19.2. The minimum Gasteiger partial charge on any atom is -0.481 e. The molecule has 0 radical (unpaired) electrons. The van der Waals surface area contributed by atoms with Crippen molar-refractivity contribution in [1.29, 1.82) is 0 Å². The second-order valence-electron chi connectivity index (χ2n) is 8.94. The molecule has 1 fully saturated rings. The van der Waals surface area contributed by atoms with Gasteiger partial charge in [0.25, 0.3) is 5.91 Å². The lowest BCUT2D eigenvalue weighted by Crippen LogP contribution is -2.48. The fourth-order valence-electron chi connectivity index (χ4n) is 4.73. The third kappa shape index (κ3) is 5.39. The molecule has 3 N–H and O–H groups in total. The molecule has 0 spiro atoms. The minimum atomic E-state index is -0.856. The molecule has 1 aliphatic carbocycles. The summed E-state index contributed by atoms with van der Waals surface area (Å²) in [5.74, 6) is -1.25. The molecular weight excluding hydrogens is 436 g/mol. The molecule has 4 rings (SSSR count). The quantitative estimate of drug-likeness (QED) is 0.523. The number of carbonyl (C=O) groups excluding carboxylic acids is 2. The number of amides is 2. The van der Waals surface area contributed by atoms with Gasteiger partial charge in [0, 0.05) is 25.5 Å². The van der Waals surface area contributed by atoms with Crippen LogP contribution in [-0.4, -0.2) is 55.0 Å². The first-order valence-corrected chi connectivity index (χ1v) is 11.7. The molecule has 8 heteroatoms. The maximum Gasteiger partial charge on any atom is 0.407 e. The van der Waals surface area contributed by atoms with Gasteiger partial charge in [-0.3, -0.25) is 9.59 Å². The van der Waals surface area contributed by atoms with Crippen molar-refractivity contribution in [3.05, 3.63) is 59.7 Å². The maximum atomic E-state index is 12.6. The second kappa shape index (κ2) is 10.7. The molecule has 180 valence electrons. The Hall–Kier alpha value is -3.39. The lowest BCUT2D eigenvalue weighted by Gasteiger charge is -2.20. The fourth-order valence-corrected chi connectivity index (χ4v) is 4.73. The fraction of sp³-hybridized carbons (Fsp3) is 0.423. The normalized spacial score (nSPS) is 19.7. The van der Waals surface area contributed by atoms with Crippen LogP contribution >= 0.6 is 0 Å². The number of fused-ring (bicyclic) bond motifs is 3. The van der Waals surface area contributed by atoms with E-state index in [1.165, 1.54) is 0 Å². The summed E-state index contributed by atoms with van der Waals surface area (Å²) in [5.41, 5.74) is 4.58. The molecule has 1 unspecified atom stereocenters. The molecule has 1 heterocycles. The summed E-state index contributed by atoms with van der Waals surface area (Å²) in [6.07, 6.45) is -0.255. The Kier molecular flexibility index (Phi) is 7.47. The van der Waals surface area contributed by atoms with Gasteiger partial charge in [-0.05, 0) is 41.0 Å². The van der Waals surface area contributed by atoms with Crippen molar-refractivity contribution in [2.24, 2.45) is 5.92 Å². The molecule has 2 amide bonds. The van der Waals surface area contributed by atoms with E-state index >= 15 is 0 Å². The van der Waals surface area contributed by atoms with E-state index < -0.39 is 24.2 Å². The van der Waals surface area contributed by atoms with Crippen LogP contribution in [0.4, 0.5) is 4.79 Å². The highest BCUT2D eigenvalue weighted by Crippen LogP contribution is 2.44. The number of nitrogens with one attached hydrogen (secondary N) is 2. The first-order valence-electron chi connectivity index (χ1n) is 11.7. The first-order chi connectivity index (χ1) is 16.4. The number of benzene rings is 2. The number of ether oxygens (including phenoxy) is 2. The van der Waals surface area contributed by atoms with E-state index in [1.807, 2.05) is 31.2 Å². The Morgan fingerprint density at radius 2 is 1.74 bits per heavy atom. The maximum absolute atomic E-state index is 12.6. The van der Waals surface area contributed by atoms with Crippen LogP contribution in [0.5, 0.6) is 0 Å². The van der Waals surface area contributed by atoms with Crippen LogP contribution in [0.2, 0.25) is 0 Å². The predicted molar refractivity (Wildman–Crippen MR) is 125 cm³/mol. The summed E-state index contributed by atoms with van der Waals surface area (Å²) in [6, 6.07) is 15.8. The Bertz CT molecular complexity index is 1010. The zero-order valence-corrected chi connectivity index (χ0v) is 19.2. The van der Waals surface area contributed by atoms with Gasteiger partial charge >= 0.3 is 12.1 Å². The number of aliphatic carboxylic acids is 1. The molecule has 2 aromatic carbocycles. The van der Waals surface area contributed by atoms with Crippen LogP contribution < -0.4 is 10.6 Å². The molecule has 1 aliphatic heterocycles. The van der Waals surface area contributed by atoms with Crippen molar-refractivity contribution >= 4 is 18.0 Å². The summed E-state index contributed by atoms with van der Waals surface area (Å²) in [4.78, 5) is 35.9. The second-order valence-corrected chi connectivity index (χ2v) is 8.94. The largest absolute Gasteiger partial charge is 0.481 e. The molecule has 0 saturated carbocycles. The minimum absolute atomic E-state index is 0.0372. The number of rotatable bonds is 9. The van der Waals surface area contributed by atoms with E-state index in [1.54, 1.807) is 0 Å². The lowest BCUT2D eigenvalue weighted by molar-refractivity contribution is -0.138. The number of carboxylic acid groups (broad SMARTS) is 1. The monoisotopic (exact) mass is 466 g/mol. The van der Waals surface area contributed by atoms with Crippen molar-refractivity contribution in [1.82, 2.24) is 10.6 Å². The Labute approximate surface area is 198 Å². The first kappa shape index (κ1) is 23.8. The Morgan fingerprint density at radius 3 is 2.38 bits per heavy atom. The van der Waals surface area contributed by atoms with Gasteiger partial charge in [-0.2, -0.15) is 0 Å². The van der Waals surface area contributed by atoms with Crippen LogP contribution in [0.1, 0.15) is 43.2 Å². The van der Waals surface area contributed by atoms with Crippen molar-refractivity contribution < 1.29 is 29.0 Å². The summed E-state index contributed by atoms with van der Waals surface area (Å²) in [5, 5.41) is 14.4. The van der Waals surface area contributed by atoms with Gasteiger partial charge in [0.1, 0.15) is 6.61 Å². The van der Waals surface area contributed by atoms with Crippen molar-refractivity contribution in [3.8, 4) is 11.1 Å². The molecule has 0 aromatic heterocycles. The number of carboxylic acids is 1. The predicted octanol–water partition coefficient (Wildman–Crippen LogP) is 3.30. The zero-order chi connectivity index (χ0) is 24.1. The molecule has 8 nitrogen and oxygen atoms in total. The van der Waals surface area contributed by atoms with Gasteiger partial charge in [-0.15, -0.1) is 0 Å². The van der Waals surface area contributed by atoms with Crippen LogP contribution in [0.15, 0.2) is 48.5 Å². The van der Waals surface area contributed by atoms with Gasteiger partial charge in [-0.1, -0.05) is 55.5 Å². The van der Waals surface area contributed by atoms with E-state index in [-0.39, 0.29) is 30.8 Å². The number of carbonyl (C=O) groups is 3. The number of hydrogen-bond acceptors (Lipinski definition) is 5. The third-order valence-electron chi connectivity index (χ3n) is 6.46. The van der Waals surface area contributed by atoms with Gasteiger partial charge in [0.05, 0.1) is 6.04 Å². The van der Waals surface area contributed by atoms with E-state index in [0.717, 1.165) is 22.3 Å². The van der Waals surface area contributed by atoms with Crippen molar-refractivity contribution in [3.63, 3.8) is 0 Å². The summed E-state index contributed by atoms with van der Waals surface area (Å²) < 4.78 is 11.1. The highest BCUT2D eigenvalue weighted by Gasteiger charge is 2.36. The lowest BCUT2D eigenvalue weighted by atomic mass is 9.98.